The Labute approximate surface area is 220 Å². The molecule has 1 aliphatic heterocycles. The lowest BCUT2D eigenvalue weighted by Gasteiger charge is -2.20. The van der Waals surface area contributed by atoms with Crippen molar-refractivity contribution < 1.29 is 28.9 Å². The zero-order valence-corrected chi connectivity index (χ0v) is 20.8. The van der Waals surface area contributed by atoms with Gasteiger partial charge in [0.2, 0.25) is 0 Å². The predicted molar refractivity (Wildman–Crippen MR) is 139 cm³/mol. The maximum atomic E-state index is 13.0. The molecule has 2 fully saturated rings. The summed E-state index contributed by atoms with van der Waals surface area (Å²) in [6.07, 6.45) is 2.45. The lowest BCUT2D eigenvalue weighted by Crippen LogP contribution is -2.25. The molecule has 5 atom stereocenters. The minimum atomic E-state index is -0.891. The molecule has 0 aromatic heterocycles. The summed E-state index contributed by atoms with van der Waals surface area (Å²) >= 11 is 5.97. The minimum Gasteiger partial charge on any atom is -0.491 e. The number of halogens is 1. The molecule has 7 heteroatoms. The number of hydrogen-bond acceptors (Lipinski definition) is 6. The summed E-state index contributed by atoms with van der Waals surface area (Å²) in [5.41, 5.74) is 2.52. The van der Waals surface area contributed by atoms with Crippen LogP contribution >= 0.6 is 11.6 Å². The van der Waals surface area contributed by atoms with E-state index in [1.165, 1.54) is 0 Å². The van der Waals surface area contributed by atoms with E-state index in [1.54, 1.807) is 42.5 Å². The maximum absolute atomic E-state index is 13.0. The number of fused-ring (bicyclic) bond motifs is 1. The molecule has 3 aromatic rings. The standard InChI is InChI=1S/C30H27ClO6/c31-22-7-4-8-24(15-22)35-18-23(32)13-14-25-26-16-29(33)36-28(26)17-27(25)37-30(34)21-11-9-20(10-12-21)19-5-2-1-3-6-19/h1-15,23,25-28,32H,16-18H2/b14-13+/t23-,25+,26+,27+,28-/m0/s1. The van der Waals surface area contributed by atoms with E-state index in [0.29, 0.717) is 22.8 Å². The fraction of sp³-hybridized carbons (Fsp3) is 0.267. The molecular formula is C30H27ClO6. The van der Waals surface area contributed by atoms with E-state index < -0.39 is 18.2 Å². The van der Waals surface area contributed by atoms with E-state index in [1.807, 2.05) is 48.5 Å². The Kier molecular flexibility index (Phi) is 7.58. The normalized spacial score (nSPS) is 23.5. The number of esters is 2. The van der Waals surface area contributed by atoms with Crippen LogP contribution in [0.3, 0.4) is 0 Å². The van der Waals surface area contributed by atoms with Crippen molar-refractivity contribution in [2.45, 2.75) is 31.2 Å². The van der Waals surface area contributed by atoms with Crippen LogP contribution in [0.1, 0.15) is 23.2 Å². The van der Waals surface area contributed by atoms with Gasteiger partial charge in [0.05, 0.1) is 12.0 Å². The fourth-order valence-electron chi connectivity index (χ4n) is 4.98. The second-order valence-electron chi connectivity index (χ2n) is 9.32. The van der Waals surface area contributed by atoms with Gasteiger partial charge in [-0.15, -0.1) is 0 Å². The molecule has 2 aliphatic rings. The molecule has 37 heavy (non-hydrogen) atoms. The molecular weight excluding hydrogens is 492 g/mol. The molecule has 6 nitrogen and oxygen atoms in total. The number of aliphatic hydroxyl groups is 1. The Balaban J connectivity index is 1.24. The largest absolute Gasteiger partial charge is 0.491 e. The Bertz CT molecular complexity index is 1270. The Hall–Kier alpha value is -3.61. The van der Waals surface area contributed by atoms with Gasteiger partial charge in [-0.05, 0) is 41.5 Å². The third-order valence-corrected chi connectivity index (χ3v) is 7.04. The third-order valence-electron chi connectivity index (χ3n) is 6.81. The van der Waals surface area contributed by atoms with Crippen molar-refractivity contribution in [3.63, 3.8) is 0 Å². The van der Waals surface area contributed by atoms with Gasteiger partial charge in [-0.25, -0.2) is 4.79 Å². The second-order valence-corrected chi connectivity index (χ2v) is 9.75. The van der Waals surface area contributed by atoms with Gasteiger partial charge in [0.15, 0.2) is 0 Å². The first kappa shape index (κ1) is 25.1. The number of carbonyl (C=O) groups excluding carboxylic acids is 2. The molecule has 1 saturated heterocycles. The Morgan fingerprint density at radius 1 is 1.05 bits per heavy atom. The number of ether oxygens (including phenoxy) is 3. The van der Waals surface area contributed by atoms with Gasteiger partial charge in [0.1, 0.15) is 30.7 Å². The van der Waals surface area contributed by atoms with Crippen molar-refractivity contribution in [1.29, 1.82) is 0 Å². The van der Waals surface area contributed by atoms with Crippen LogP contribution < -0.4 is 4.74 Å². The number of aliphatic hydroxyl groups excluding tert-OH is 1. The van der Waals surface area contributed by atoms with Crippen LogP contribution in [-0.2, 0) is 14.3 Å². The predicted octanol–water partition coefficient (Wildman–Crippen LogP) is 5.48. The fourth-order valence-corrected chi connectivity index (χ4v) is 5.16. The first-order chi connectivity index (χ1) is 18.0. The van der Waals surface area contributed by atoms with E-state index in [2.05, 4.69) is 0 Å². The Morgan fingerprint density at radius 2 is 1.81 bits per heavy atom. The molecule has 0 spiro atoms. The van der Waals surface area contributed by atoms with Crippen molar-refractivity contribution in [3.8, 4) is 16.9 Å². The summed E-state index contributed by atoms with van der Waals surface area (Å²) in [5, 5.41) is 11.0. The zero-order chi connectivity index (χ0) is 25.8. The van der Waals surface area contributed by atoms with Crippen molar-refractivity contribution in [3.05, 3.63) is 102 Å². The lowest BCUT2D eigenvalue weighted by atomic mass is 9.91. The number of carbonyl (C=O) groups is 2. The molecule has 0 bridgehead atoms. The van der Waals surface area contributed by atoms with Gasteiger partial charge in [-0.3, -0.25) is 4.79 Å². The first-order valence-electron chi connectivity index (χ1n) is 12.3. The topological polar surface area (TPSA) is 82.1 Å². The van der Waals surface area contributed by atoms with Gasteiger partial charge >= 0.3 is 11.9 Å². The summed E-state index contributed by atoms with van der Waals surface area (Å²) in [6.45, 7) is 0.0330. The van der Waals surface area contributed by atoms with E-state index in [9.17, 15) is 14.7 Å². The molecule has 190 valence electrons. The van der Waals surface area contributed by atoms with Crippen LogP contribution in [0.4, 0.5) is 0 Å². The summed E-state index contributed by atoms with van der Waals surface area (Å²) in [6, 6.07) is 24.1. The smallest absolute Gasteiger partial charge is 0.338 e. The van der Waals surface area contributed by atoms with Crippen molar-refractivity contribution in [2.75, 3.05) is 6.61 Å². The summed E-state index contributed by atoms with van der Waals surface area (Å²) in [4.78, 5) is 24.9. The number of hydrogen-bond donors (Lipinski definition) is 1. The molecule has 5 rings (SSSR count). The molecule has 1 heterocycles. The minimum absolute atomic E-state index is 0.0330. The van der Waals surface area contributed by atoms with Crippen molar-refractivity contribution in [2.24, 2.45) is 11.8 Å². The maximum Gasteiger partial charge on any atom is 0.338 e. The molecule has 1 aliphatic carbocycles. The van der Waals surface area contributed by atoms with E-state index >= 15 is 0 Å². The monoisotopic (exact) mass is 518 g/mol. The van der Waals surface area contributed by atoms with E-state index in [4.69, 9.17) is 25.8 Å². The summed E-state index contributed by atoms with van der Waals surface area (Å²) < 4.78 is 17.0. The van der Waals surface area contributed by atoms with Crippen LogP contribution in [0, 0.1) is 11.8 Å². The van der Waals surface area contributed by atoms with Crippen LogP contribution in [0.15, 0.2) is 91.0 Å². The van der Waals surface area contributed by atoms with E-state index in [0.717, 1.165) is 11.1 Å². The highest BCUT2D eigenvalue weighted by molar-refractivity contribution is 6.30. The number of rotatable bonds is 8. The highest BCUT2D eigenvalue weighted by atomic mass is 35.5. The zero-order valence-electron chi connectivity index (χ0n) is 20.0. The van der Waals surface area contributed by atoms with Crippen molar-refractivity contribution >= 4 is 23.5 Å². The van der Waals surface area contributed by atoms with Crippen LogP contribution in [0.25, 0.3) is 11.1 Å². The molecule has 3 aromatic carbocycles. The molecule has 1 N–H and O–H groups in total. The van der Waals surface area contributed by atoms with Gasteiger partial charge in [0, 0.05) is 23.3 Å². The summed E-state index contributed by atoms with van der Waals surface area (Å²) in [5.74, 6) is -0.493. The molecule has 0 amide bonds. The molecule has 0 unspecified atom stereocenters. The van der Waals surface area contributed by atoms with Gasteiger partial charge in [0.25, 0.3) is 0 Å². The van der Waals surface area contributed by atoms with Crippen LogP contribution in [0.5, 0.6) is 5.75 Å². The SMILES string of the molecule is O=C1C[C@@H]2[C@@H](/C=C/[C@H](O)COc3cccc(Cl)c3)[C@H](OC(=O)c3ccc(-c4ccccc4)cc3)C[C@@H]2O1. The first-order valence-corrected chi connectivity index (χ1v) is 12.6. The quantitative estimate of drug-likeness (QED) is 0.314. The third kappa shape index (κ3) is 6.04. The number of benzene rings is 3. The molecule has 1 saturated carbocycles. The highest BCUT2D eigenvalue weighted by Gasteiger charge is 2.50. The van der Waals surface area contributed by atoms with Gasteiger partial charge in [-0.2, -0.15) is 0 Å². The average Bonchev–Trinajstić information content (AvgIpc) is 3.42. The summed E-state index contributed by atoms with van der Waals surface area (Å²) in [7, 11) is 0. The van der Waals surface area contributed by atoms with Crippen LogP contribution in [0.2, 0.25) is 5.02 Å². The van der Waals surface area contributed by atoms with Crippen molar-refractivity contribution in [1.82, 2.24) is 0 Å². The van der Waals surface area contributed by atoms with Crippen LogP contribution in [-0.4, -0.2) is 42.0 Å². The van der Waals surface area contributed by atoms with Gasteiger partial charge < -0.3 is 19.3 Å². The lowest BCUT2D eigenvalue weighted by molar-refractivity contribution is -0.141. The highest BCUT2D eigenvalue weighted by Crippen LogP contribution is 2.43. The van der Waals surface area contributed by atoms with E-state index in [-0.39, 0.29) is 36.9 Å². The van der Waals surface area contributed by atoms with Gasteiger partial charge in [-0.1, -0.05) is 72.3 Å². The Morgan fingerprint density at radius 3 is 2.57 bits per heavy atom. The average molecular weight is 519 g/mol. The second kappa shape index (κ2) is 11.2. The molecule has 0 radical (unpaired) electrons.